The van der Waals surface area contributed by atoms with Crippen LogP contribution in [0.2, 0.25) is 0 Å². The molecule has 2 fully saturated rings. The van der Waals surface area contributed by atoms with Gasteiger partial charge in [-0.2, -0.15) is 0 Å². The van der Waals surface area contributed by atoms with E-state index in [4.69, 9.17) is 5.73 Å². The highest BCUT2D eigenvalue weighted by Crippen LogP contribution is 2.20. The molecule has 0 bridgehead atoms. The number of carbonyl (C=O) groups excluding carboxylic acids is 1. The van der Waals surface area contributed by atoms with Crippen LogP contribution in [-0.2, 0) is 4.79 Å². The smallest absolute Gasteiger partial charge is 0.225 e. The lowest BCUT2D eigenvalue weighted by atomic mass is 9.96. The minimum absolute atomic E-state index is 0.143. The van der Waals surface area contributed by atoms with Gasteiger partial charge in [0.1, 0.15) is 0 Å². The standard InChI is InChI=1S/C13H25N3O/c1-10(2)13(17)16-8-11(9-16)7-15-5-3-12(14)4-6-15/h10-12H,3-9,14H2,1-2H3. The molecule has 0 radical (unpaired) electrons. The number of nitrogens with two attached hydrogens (primary N) is 1. The second-order valence-corrected chi connectivity index (χ2v) is 5.90. The quantitative estimate of drug-likeness (QED) is 0.781. The van der Waals surface area contributed by atoms with E-state index in [1.807, 2.05) is 18.7 Å². The van der Waals surface area contributed by atoms with Crippen molar-refractivity contribution in [2.24, 2.45) is 17.6 Å². The van der Waals surface area contributed by atoms with Gasteiger partial charge in [-0.15, -0.1) is 0 Å². The number of amides is 1. The van der Waals surface area contributed by atoms with Crippen molar-refractivity contribution in [2.75, 3.05) is 32.7 Å². The minimum Gasteiger partial charge on any atom is -0.342 e. The number of hydrogen-bond acceptors (Lipinski definition) is 3. The van der Waals surface area contributed by atoms with Gasteiger partial charge in [-0.1, -0.05) is 13.8 Å². The third-order valence-corrected chi connectivity index (χ3v) is 3.91. The lowest BCUT2D eigenvalue weighted by Gasteiger charge is -2.43. The summed E-state index contributed by atoms with van der Waals surface area (Å²) in [5, 5.41) is 0. The zero-order chi connectivity index (χ0) is 12.4. The molecule has 2 heterocycles. The zero-order valence-corrected chi connectivity index (χ0v) is 11.1. The predicted octanol–water partition coefficient (Wildman–Crippen LogP) is 0.524. The highest BCUT2D eigenvalue weighted by atomic mass is 16.2. The first-order valence-corrected chi connectivity index (χ1v) is 6.83. The fourth-order valence-electron chi connectivity index (χ4n) is 2.73. The number of hydrogen-bond donors (Lipinski definition) is 1. The average molecular weight is 239 g/mol. The molecule has 0 aromatic heterocycles. The molecule has 2 aliphatic rings. The van der Waals surface area contributed by atoms with Crippen molar-refractivity contribution < 1.29 is 4.79 Å². The number of piperidine rings is 1. The van der Waals surface area contributed by atoms with E-state index >= 15 is 0 Å². The van der Waals surface area contributed by atoms with Gasteiger partial charge in [0.25, 0.3) is 0 Å². The molecule has 2 saturated heterocycles. The molecule has 0 aliphatic carbocycles. The van der Waals surface area contributed by atoms with Crippen molar-refractivity contribution >= 4 is 5.91 Å². The van der Waals surface area contributed by atoms with E-state index in [1.54, 1.807) is 0 Å². The van der Waals surface area contributed by atoms with Gasteiger partial charge in [0.05, 0.1) is 0 Å². The van der Waals surface area contributed by atoms with Crippen molar-refractivity contribution in [3.05, 3.63) is 0 Å². The summed E-state index contributed by atoms with van der Waals surface area (Å²) in [6.45, 7) is 9.28. The van der Waals surface area contributed by atoms with Crippen molar-refractivity contribution in [3.8, 4) is 0 Å². The van der Waals surface area contributed by atoms with E-state index in [2.05, 4.69) is 4.90 Å². The molecule has 0 aromatic carbocycles. The van der Waals surface area contributed by atoms with Crippen LogP contribution in [0.5, 0.6) is 0 Å². The van der Waals surface area contributed by atoms with E-state index in [-0.39, 0.29) is 5.92 Å². The molecule has 17 heavy (non-hydrogen) atoms. The largest absolute Gasteiger partial charge is 0.342 e. The maximum absolute atomic E-state index is 11.7. The third-order valence-electron chi connectivity index (χ3n) is 3.91. The molecule has 0 unspecified atom stereocenters. The Kier molecular flexibility index (Phi) is 4.05. The van der Waals surface area contributed by atoms with Crippen LogP contribution in [0, 0.1) is 11.8 Å². The first-order valence-electron chi connectivity index (χ1n) is 6.83. The van der Waals surface area contributed by atoms with Crippen molar-refractivity contribution in [2.45, 2.75) is 32.7 Å². The Bertz CT molecular complexity index is 266. The molecule has 4 heteroatoms. The normalized spacial score (nSPS) is 24.1. The summed E-state index contributed by atoms with van der Waals surface area (Å²) in [5.41, 5.74) is 5.89. The van der Waals surface area contributed by atoms with Crippen molar-refractivity contribution in [1.29, 1.82) is 0 Å². The number of nitrogens with zero attached hydrogens (tertiary/aromatic N) is 2. The Labute approximate surface area is 104 Å². The van der Waals surface area contributed by atoms with Crippen LogP contribution < -0.4 is 5.73 Å². The van der Waals surface area contributed by atoms with Gasteiger partial charge >= 0.3 is 0 Å². The fourth-order valence-corrected chi connectivity index (χ4v) is 2.73. The van der Waals surface area contributed by atoms with Crippen LogP contribution >= 0.6 is 0 Å². The summed E-state index contributed by atoms with van der Waals surface area (Å²) < 4.78 is 0. The van der Waals surface area contributed by atoms with E-state index in [1.165, 1.54) is 0 Å². The molecular weight excluding hydrogens is 214 g/mol. The maximum atomic E-state index is 11.7. The van der Waals surface area contributed by atoms with Gasteiger partial charge < -0.3 is 15.5 Å². The summed E-state index contributed by atoms with van der Waals surface area (Å²) >= 11 is 0. The Morgan fingerprint density at radius 3 is 2.41 bits per heavy atom. The van der Waals surface area contributed by atoms with E-state index in [9.17, 15) is 4.79 Å². The summed E-state index contributed by atoms with van der Waals surface area (Å²) in [4.78, 5) is 16.2. The molecule has 0 saturated carbocycles. The van der Waals surface area contributed by atoms with Crippen LogP contribution in [0.1, 0.15) is 26.7 Å². The van der Waals surface area contributed by atoms with Crippen LogP contribution in [-0.4, -0.2) is 54.5 Å². The molecule has 2 N–H and O–H groups in total. The monoisotopic (exact) mass is 239 g/mol. The second kappa shape index (κ2) is 5.36. The molecule has 98 valence electrons. The lowest BCUT2D eigenvalue weighted by Crippen LogP contribution is -2.55. The van der Waals surface area contributed by atoms with E-state index in [0.717, 1.165) is 45.6 Å². The van der Waals surface area contributed by atoms with Gasteiger partial charge in [0.2, 0.25) is 5.91 Å². The predicted molar refractivity (Wildman–Crippen MR) is 68.6 cm³/mol. The SMILES string of the molecule is CC(C)C(=O)N1CC(CN2CCC(N)CC2)C1. The third kappa shape index (κ3) is 3.19. The van der Waals surface area contributed by atoms with Gasteiger partial charge in [0, 0.05) is 37.5 Å². The Balaban J connectivity index is 1.65. The Hall–Kier alpha value is -0.610. The molecule has 0 aromatic rings. The summed E-state index contributed by atoms with van der Waals surface area (Å²) in [5.74, 6) is 1.14. The lowest BCUT2D eigenvalue weighted by molar-refractivity contribution is -0.141. The topological polar surface area (TPSA) is 49.6 Å². The van der Waals surface area contributed by atoms with Gasteiger partial charge in [-0.3, -0.25) is 4.79 Å². The summed E-state index contributed by atoms with van der Waals surface area (Å²) in [7, 11) is 0. The fraction of sp³-hybridized carbons (Fsp3) is 0.923. The van der Waals surface area contributed by atoms with Crippen LogP contribution in [0.25, 0.3) is 0 Å². The van der Waals surface area contributed by atoms with Crippen molar-refractivity contribution in [1.82, 2.24) is 9.80 Å². The van der Waals surface area contributed by atoms with Gasteiger partial charge in [-0.25, -0.2) is 0 Å². The summed E-state index contributed by atoms with van der Waals surface area (Å²) in [6.07, 6.45) is 2.25. The van der Waals surface area contributed by atoms with Crippen LogP contribution in [0.15, 0.2) is 0 Å². The summed E-state index contributed by atoms with van der Waals surface area (Å²) in [6, 6.07) is 0.409. The van der Waals surface area contributed by atoms with E-state index < -0.39 is 0 Å². The first kappa shape index (κ1) is 12.8. The molecule has 0 atom stereocenters. The first-order chi connectivity index (χ1) is 8.06. The zero-order valence-electron chi connectivity index (χ0n) is 11.1. The average Bonchev–Trinajstić information content (AvgIpc) is 2.24. The van der Waals surface area contributed by atoms with Gasteiger partial charge in [0.15, 0.2) is 0 Å². The minimum atomic E-state index is 0.143. The van der Waals surface area contributed by atoms with Crippen molar-refractivity contribution in [3.63, 3.8) is 0 Å². The highest BCUT2D eigenvalue weighted by molar-refractivity contribution is 5.78. The highest BCUT2D eigenvalue weighted by Gasteiger charge is 2.33. The van der Waals surface area contributed by atoms with Crippen LogP contribution in [0.4, 0.5) is 0 Å². The number of carbonyl (C=O) groups is 1. The Morgan fingerprint density at radius 2 is 1.88 bits per heavy atom. The molecule has 1 amide bonds. The van der Waals surface area contributed by atoms with Crippen LogP contribution in [0.3, 0.4) is 0 Å². The molecule has 4 nitrogen and oxygen atoms in total. The van der Waals surface area contributed by atoms with Gasteiger partial charge in [-0.05, 0) is 25.9 Å². The molecule has 2 rings (SSSR count). The Morgan fingerprint density at radius 1 is 1.29 bits per heavy atom. The number of likely N-dealkylation sites (tertiary alicyclic amines) is 2. The van der Waals surface area contributed by atoms with E-state index in [0.29, 0.717) is 17.9 Å². The molecule has 2 aliphatic heterocycles. The molecular formula is C13H25N3O. The maximum Gasteiger partial charge on any atom is 0.225 e. The molecule has 0 spiro atoms. The second-order valence-electron chi connectivity index (χ2n) is 5.90. The number of rotatable bonds is 3.